The Morgan fingerprint density at radius 1 is 1.07 bits per heavy atom. The normalized spacial score (nSPS) is 17.6. The molecule has 1 fully saturated rings. The minimum atomic E-state index is -0.784. The van der Waals surface area contributed by atoms with E-state index in [1.54, 1.807) is 31.3 Å². The van der Waals surface area contributed by atoms with Crippen molar-refractivity contribution in [2.45, 2.75) is 95.7 Å². The highest BCUT2D eigenvalue weighted by molar-refractivity contribution is 5.94. The van der Waals surface area contributed by atoms with Crippen LogP contribution in [0.3, 0.4) is 0 Å². The molecule has 1 saturated carbocycles. The van der Waals surface area contributed by atoms with Crippen molar-refractivity contribution in [3.63, 3.8) is 0 Å². The van der Waals surface area contributed by atoms with Crippen molar-refractivity contribution in [1.82, 2.24) is 10.6 Å². The van der Waals surface area contributed by atoms with Crippen LogP contribution in [0, 0.1) is 0 Å². The van der Waals surface area contributed by atoms with E-state index in [-0.39, 0.29) is 16.9 Å². The zero-order valence-electron chi connectivity index (χ0n) is 25.2. The van der Waals surface area contributed by atoms with Crippen molar-refractivity contribution >= 4 is 11.6 Å². The molecule has 1 aliphatic carbocycles. The number of allylic oxidation sites excluding steroid dienone is 4. The molecule has 4 N–H and O–H groups in total. The van der Waals surface area contributed by atoms with Crippen molar-refractivity contribution in [3.05, 3.63) is 89.0 Å². The smallest absolute Gasteiger partial charge is 0.251 e. The molecule has 0 saturated heterocycles. The predicted octanol–water partition coefficient (Wildman–Crippen LogP) is 7.44. The first-order valence-corrected chi connectivity index (χ1v) is 14.8. The average Bonchev–Trinajstić information content (AvgIpc) is 2.95. The number of halogens is 2. The Bertz CT molecular complexity index is 1190. The number of benzene rings is 2. The third-order valence-electron chi connectivity index (χ3n) is 7.98. The van der Waals surface area contributed by atoms with Crippen LogP contribution in [0.1, 0.15) is 94.1 Å². The van der Waals surface area contributed by atoms with Crippen molar-refractivity contribution in [2.24, 2.45) is 0 Å². The Morgan fingerprint density at radius 3 is 2.37 bits per heavy atom. The number of aliphatic hydroxyl groups is 1. The third-order valence-corrected chi connectivity index (χ3v) is 7.98. The van der Waals surface area contributed by atoms with E-state index in [2.05, 4.69) is 61.0 Å². The van der Waals surface area contributed by atoms with E-state index in [1.165, 1.54) is 30.5 Å². The van der Waals surface area contributed by atoms with E-state index in [0.717, 1.165) is 37.4 Å². The van der Waals surface area contributed by atoms with Crippen LogP contribution in [0.5, 0.6) is 0 Å². The van der Waals surface area contributed by atoms with E-state index in [0.29, 0.717) is 24.9 Å². The van der Waals surface area contributed by atoms with E-state index in [1.807, 2.05) is 0 Å². The zero-order chi connectivity index (χ0) is 30.0. The molecule has 2 aromatic rings. The Kier molecular flexibility index (Phi) is 11.7. The second-order valence-corrected chi connectivity index (χ2v) is 12.2. The van der Waals surface area contributed by atoms with E-state index < -0.39 is 23.8 Å². The first-order chi connectivity index (χ1) is 19.4. The van der Waals surface area contributed by atoms with Gasteiger partial charge in [-0.1, -0.05) is 64.3 Å². The maximum atomic E-state index is 14.0. The van der Waals surface area contributed by atoms with E-state index >= 15 is 0 Å². The minimum Gasteiger partial charge on any atom is -0.390 e. The zero-order valence-corrected chi connectivity index (χ0v) is 25.2. The van der Waals surface area contributed by atoms with Gasteiger partial charge in [0.1, 0.15) is 5.83 Å². The van der Waals surface area contributed by atoms with Crippen molar-refractivity contribution in [2.75, 3.05) is 18.9 Å². The monoisotopic (exact) mass is 567 g/mol. The average molecular weight is 568 g/mol. The van der Waals surface area contributed by atoms with E-state index in [4.69, 9.17) is 0 Å². The number of aliphatic hydroxyl groups excluding tert-OH is 1. The summed E-state index contributed by atoms with van der Waals surface area (Å²) in [5.41, 5.74) is 3.63. The number of nitrogens with one attached hydrogen (secondary N) is 3. The van der Waals surface area contributed by atoms with Gasteiger partial charge in [0.25, 0.3) is 5.91 Å². The minimum absolute atomic E-state index is 0.0341. The Hall–Kier alpha value is -3.03. The quantitative estimate of drug-likeness (QED) is 0.201. The molecule has 224 valence electrons. The van der Waals surface area contributed by atoms with Gasteiger partial charge in [-0.05, 0) is 79.5 Å². The largest absolute Gasteiger partial charge is 0.390 e. The van der Waals surface area contributed by atoms with Crippen molar-refractivity contribution in [3.8, 4) is 0 Å². The molecule has 7 heteroatoms. The van der Waals surface area contributed by atoms with Gasteiger partial charge < -0.3 is 21.1 Å². The number of hydrogen-bond donors (Lipinski definition) is 4. The van der Waals surface area contributed by atoms with Gasteiger partial charge in [0.05, 0.1) is 18.0 Å². The van der Waals surface area contributed by atoms with Gasteiger partial charge in [-0.15, -0.1) is 0 Å². The highest BCUT2D eigenvalue weighted by atomic mass is 19.1. The molecule has 5 nitrogen and oxygen atoms in total. The standard InChI is InChI=1S/C34H47F2N3O2/c1-24(35)21-28(36)13-10-14-30(39-29-17-15-25(16-18-29)32(41)37-5)31(40)23-38-34(19-7-6-8-20-34)27-12-9-11-26(22-27)33(2,3)4/h9,11-13,15-18,21-22,30-31,38-40H,6-8,10,14,19-20,23H2,1-5H3,(H,37,41)/b24-21+,28-13+/t30-,31?/m0/s1. The molecule has 0 radical (unpaired) electrons. The number of carbonyl (C=O) groups is 1. The second-order valence-electron chi connectivity index (χ2n) is 12.2. The fraction of sp³-hybridized carbons (Fsp3) is 0.500. The highest BCUT2D eigenvalue weighted by Gasteiger charge is 2.35. The lowest BCUT2D eigenvalue weighted by molar-refractivity contribution is 0.0963. The molecule has 0 bridgehead atoms. The van der Waals surface area contributed by atoms with Crippen LogP contribution in [0.15, 0.2) is 72.3 Å². The summed E-state index contributed by atoms with van der Waals surface area (Å²) in [7, 11) is 1.58. The maximum absolute atomic E-state index is 14.0. The fourth-order valence-corrected chi connectivity index (χ4v) is 5.54. The summed E-state index contributed by atoms with van der Waals surface area (Å²) in [5, 5.41) is 21.2. The van der Waals surface area contributed by atoms with Gasteiger partial charge in [0.2, 0.25) is 0 Å². The molecule has 1 unspecified atom stereocenters. The topological polar surface area (TPSA) is 73.4 Å². The van der Waals surface area contributed by atoms with Crippen molar-refractivity contribution in [1.29, 1.82) is 0 Å². The van der Waals surface area contributed by atoms with E-state index in [9.17, 15) is 18.7 Å². The fourth-order valence-electron chi connectivity index (χ4n) is 5.54. The lowest BCUT2D eigenvalue weighted by atomic mass is 9.74. The van der Waals surface area contributed by atoms with Gasteiger partial charge in [-0.2, -0.15) is 0 Å². The van der Waals surface area contributed by atoms with Gasteiger partial charge in [0.15, 0.2) is 0 Å². The Morgan fingerprint density at radius 2 is 1.76 bits per heavy atom. The summed E-state index contributed by atoms with van der Waals surface area (Å²) < 4.78 is 27.1. The van der Waals surface area contributed by atoms with Crippen LogP contribution in [-0.2, 0) is 11.0 Å². The molecule has 3 rings (SSSR count). The molecule has 0 spiro atoms. The number of amides is 1. The summed E-state index contributed by atoms with van der Waals surface area (Å²) in [6.45, 7) is 8.21. The van der Waals surface area contributed by atoms with Crippen LogP contribution < -0.4 is 16.0 Å². The first kappa shape index (κ1) is 32.5. The second kappa shape index (κ2) is 14.7. The van der Waals surface area contributed by atoms with Gasteiger partial charge in [-0.3, -0.25) is 4.79 Å². The summed E-state index contributed by atoms with van der Waals surface area (Å²) >= 11 is 0. The summed E-state index contributed by atoms with van der Waals surface area (Å²) in [6.07, 6.45) is 7.59. The van der Waals surface area contributed by atoms with Crippen LogP contribution in [-0.4, -0.2) is 36.8 Å². The summed E-state index contributed by atoms with van der Waals surface area (Å²) in [6, 6.07) is 15.4. The molecule has 0 heterocycles. The summed E-state index contributed by atoms with van der Waals surface area (Å²) in [5.74, 6) is -1.41. The van der Waals surface area contributed by atoms with Gasteiger partial charge in [0, 0.05) is 36.5 Å². The molecular weight excluding hydrogens is 520 g/mol. The first-order valence-electron chi connectivity index (χ1n) is 14.8. The predicted molar refractivity (Wildman–Crippen MR) is 164 cm³/mol. The summed E-state index contributed by atoms with van der Waals surface area (Å²) in [4.78, 5) is 11.9. The molecule has 1 amide bonds. The van der Waals surface area contributed by atoms with Crippen LogP contribution >= 0.6 is 0 Å². The molecule has 1 aliphatic rings. The van der Waals surface area contributed by atoms with Crippen LogP contribution in [0.25, 0.3) is 0 Å². The number of rotatable bonds is 12. The maximum Gasteiger partial charge on any atom is 0.251 e. The third kappa shape index (κ3) is 9.50. The lowest BCUT2D eigenvalue weighted by Crippen LogP contribution is -2.50. The molecular formula is C34H47F2N3O2. The van der Waals surface area contributed by atoms with Gasteiger partial charge >= 0.3 is 0 Å². The lowest BCUT2D eigenvalue weighted by Gasteiger charge is -2.41. The van der Waals surface area contributed by atoms with Crippen LogP contribution in [0.4, 0.5) is 14.5 Å². The SMILES string of the molecule is CNC(=O)c1ccc(N[C@@H](CC/C=C(F)\C=C(/C)F)C(O)CNC2(c3cccc(C(C)(C)C)c3)CCCCC2)cc1. The van der Waals surface area contributed by atoms with Crippen molar-refractivity contribution < 1.29 is 18.7 Å². The number of carbonyl (C=O) groups excluding carboxylic acids is 1. The number of anilines is 1. The van der Waals surface area contributed by atoms with Gasteiger partial charge in [-0.25, -0.2) is 8.78 Å². The number of hydrogen-bond acceptors (Lipinski definition) is 4. The molecule has 0 aliphatic heterocycles. The Balaban J connectivity index is 1.80. The molecule has 2 aromatic carbocycles. The molecule has 41 heavy (non-hydrogen) atoms. The Labute approximate surface area is 244 Å². The molecule has 0 aromatic heterocycles. The molecule has 2 atom stereocenters. The van der Waals surface area contributed by atoms with Crippen LogP contribution in [0.2, 0.25) is 0 Å². The highest BCUT2D eigenvalue weighted by Crippen LogP contribution is 2.38.